The van der Waals surface area contributed by atoms with Crippen molar-refractivity contribution < 1.29 is 0 Å². The van der Waals surface area contributed by atoms with Gasteiger partial charge in [0.15, 0.2) is 0 Å². The molecule has 0 unspecified atom stereocenters. The maximum Gasteiger partial charge on any atom is 0.144 e. The maximum atomic E-state index is 4.91. The molecule has 3 aromatic rings. The van der Waals surface area contributed by atoms with Crippen molar-refractivity contribution in [2.45, 2.75) is 64.7 Å². The first-order valence-electron chi connectivity index (χ1n) is 9.72. The van der Waals surface area contributed by atoms with Gasteiger partial charge < -0.3 is 0 Å². The predicted molar refractivity (Wildman–Crippen MR) is 113 cm³/mol. The third kappa shape index (κ3) is 3.20. The number of thiazole rings is 1. The van der Waals surface area contributed by atoms with Crippen LogP contribution >= 0.6 is 11.3 Å². The van der Waals surface area contributed by atoms with Crippen LogP contribution < -0.4 is 0 Å². The highest BCUT2D eigenvalue weighted by Gasteiger charge is 2.37. The minimum Gasteiger partial charge on any atom is -0.261 e. The van der Waals surface area contributed by atoms with Gasteiger partial charge in [0.1, 0.15) is 10.7 Å². The molecule has 4 rings (SSSR count). The van der Waals surface area contributed by atoms with Crippen LogP contribution in [-0.2, 0) is 17.3 Å². The quantitative estimate of drug-likeness (QED) is 0.547. The SMILES string of the molecule is CCc1cc2c(cc1-c1csc(-c3cnccn3)n1)C(C)(C)CCC2(C)C. The number of aryl methyl sites for hydroxylation is 1. The largest absolute Gasteiger partial charge is 0.261 e. The van der Waals surface area contributed by atoms with Crippen LogP contribution in [0.4, 0.5) is 0 Å². The zero-order valence-corrected chi connectivity index (χ0v) is 17.7. The average Bonchev–Trinajstić information content (AvgIpc) is 3.15. The van der Waals surface area contributed by atoms with E-state index in [2.05, 4.69) is 62.1 Å². The normalized spacial score (nSPS) is 17.5. The lowest BCUT2D eigenvalue weighted by Gasteiger charge is -2.42. The van der Waals surface area contributed by atoms with Gasteiger partial charge in [-0.05, 0) is 52.8 Å². The van der Waals surface area contributed by atoms with Crippen molar-refractivity contribution in [3.8, 4) is 22.0 Å². The van der Waals surface area contributed by atoms with Gasteiger partial charge in [0.2, 0.25) is 0 Å². The second kappa shape index (κ2) is 6.52. The van der Waals surface area contributed by atoms with E-state index in [-0.39, 0.29) is 10.8 Å². The topological polar surface area (TPSA) is 38.7 Å². The Morgan fingerprint density at radius 2 is 1.67 bits per heavy atom. The van der Waals surface area contributed by atoms with Gasteiger partial charge >= 0.3 is 0 Å². The standard InChI is InChI=1S/C23H27N3S/c1-6-15-11-17-18(23(4,5)8-7-22(17,2)3)12-16(15)20-14-27-21(26-20)19-13-24-9-10-25-19/h9-14H,6-8H2,1-5H3. The molecule has 4 heteroatoms. The number of hydrogen-bond acceptors (Lipinski definition) is 4. The van der Waals surface area contributed by atoms with Crippen LogP contribution in [0.1, 0.15) is 64.2 Å². The molecule has 0 radical (unpaired) electrons. The van der Waals surface area contributed by atoms with Gasteiger partial charge in [-0.3, -0.25) is 9.97 Å². The summed E-state index contributed by atoms with van der Waals surface area (Å²) in [6.07, 6.45) is 8.67. The molecule has 140 valence electrons. The lowest BCUT2D eigenvalue weighted by molar-refractivity contribution is 0.331. The first-order valence-corrected chi connectivity index (χ1v) is 10.6. The molecule has 1 aliphatic carbocycles. The fourth-order valence-electron chi connectivity index (χ4n) is 4.11. The Labute approximate surface area is 165 Å². The predicted octanol–water partition coefficient (Wildman–Crippen LogP) is 6.18. The molecule has 1 aromatic carbocycles. The van der Waals surface area contributed by atoms with Crippen LogP contribution in [0.3, 0.4) is 0 Å². The second-order valence-corrected chi connectivity index (χ2v) is 9.66. The van der Waals surface area contributed by atoms with Crippen LogP contribution in [0.5, 0.6) is 0 Å². The van der Waals surface area contributed by atoms with Crippen molar-refractivity contribution in [1.29, 1.82) is 0 Å². The Bertz CT molecular complexity index is 971. The summed E-state index contributed by atoms with van der Waals surface area (Å²) >= 11 is 1.64. The fraction of sp³-hybridized carbons (Fsp3) is 0.435. The Kier molecular flexibility index (Phi) is 4.42. The van der Waals surface area contributed by atoms with Gasteiger partial charge in [0.05, 0.1) is 11.9 Å². The van der Waals surface area contributed by atoms with Gasteiger partial charge in [-0.1, -0.05) is 40.7 Å². The fourth-order valence-corrected chi connectivity index (χ4v) is 4.89. The van der Waals surface area contributed by atoms with Gasteiger partial charge in [0.25, 0.3) is 0 Å². The molecule has 3 nitrogen and oxygen atoms in total. The Morgan fingerprint density at radius 1 is 0.963 bits per heavy atom. The highest BCUT2D eigenvalue weighted by atomic mass is 32.1. The van der Waals surface area contributed by atoms with Crippen molar-refractivity contribution >= 4 is 11.3 Å². The number of benzene rings is 1. The summed E-state index contributed by atoms with van der Waals surface area (Å²) in [6.45, 7) is 11.8. The lowest BCUT2D eigenvalue weighted by Crippen LogP contribution is -2.34. The minimum atomic E-state index is 0.204. The molecule has 27 heavy (non-hydrogen) atoms. The molecule has 0 N–H and O–H groups in total. The molecule has 0 aliphatic heterocycles. The third-order valence-electron chi connectivity index (χ3n) is 6.02. The average molecular weight is 378 g/mol. The molecule has 0 fully saturated rings. The van der Waals surface area contributed by atoms with Crippen LogP contribution in [-0.4, -0.2) is 15.0 Å². The minimum absolute atomic E-state index is 0.204. The monoisotopic (exact) mass is 377 g/mol. The highest BCUT2D eigenvalue weighted by Crippen LogP contribution is 2.48. The summed E-state index contributed by atoms with van der Waals surface area (Å²) in [5, 5.41) is 3.09. The van der Waals surface area contributed by atoms with Gasteiger partial charge in [-0.2, -0.15) is 0 Å². The van der Waals surface area contributed by atoms with E-state index in [0.29, 0.717) is 0 Å². The Morgan fingerprint density at radius 3 is 2.30 bits per heavy atom. The van der Waals surface area contributed by atoms with E-state index in [1.165, 1.54) is 35.1 Å². The zero-order chi connectivity index (χ0) is 19.2. The van der Waals surface area contributed by atoms with Crippen molar-refractivity contribution in [3.63, 3.8) is 0 Å². The molecule has 2 heterocycles. The molecule has 0 saturated heterocycles. The first kappa shape index (κ1) is 18.3. The highest BCUT2D eigenvalue weighted by molar-refractivity contribution is 7.13. The summed E-state index contributed by atoms with van der Waals surface area (Å²) in [5.41, 5.74) is 7.99. The maximum absolute atomic E-state index is 4.91. The second-order valence-electron chi connectivity index (χ2n) is 8.80. The van der Waals surface area contributed by atoms with E-state index in [1.54, 1.807) is 29.9 Å². The van der Waals surface area contributed by atoms with E-state index in [9.17, 15) is 0 Å². The third-order valence-corrected chi connectivity index (χ3v) is 6.88. The number of aromatic nitrogens is 3. The molecule has 0 spiro atoms. The van der Waals surface area contributed by atoms with E-state index >= 15 is 0 Å². The summed E-state index contributed by atoms with van der Waals surface area (Å²) in [4.78, 5) is 13.5. The molecule has 0 atom stereocenters. The molecular formula is C23H27N3S. The molecule has 0 amide bonds. The smallest absolute Gasteiger partial charge is 0.144 e. The number of rotatable bonds is 3. The molecule has 1 aliphatic rings. The summed E-state index contributed by atoms with van der Waals surface area (Å²) < 4.78 is 0. The summed E-state index contributed by atoms with van der Waals surface area (Å²) in [6, 6.07) is 4.87. The number of hydrogen-bond donors (Lipinski definition) is 0. The Hall–Kier alpha value is -2.07. The van der Waals surface area contributed by atoms with Crippen molar-refractivity contribution in [2.24, 2.45) is 0 Å². The molecular weight excluding hydrogens is 350 g/mol. The lowest BCUT2D eigenvalue weighted by atomic mass is 9.62. The van der Waals surface area contributed by atoms with E-state index < -0.39 is 0 Å². The van der Waals surface area contributed by atoms with Gasteiger partial charge in [0, 0.05) is 23.3 Å². The van der Waals surface area contributed by atoms with Crippen molar-refractivity contribution in [3.05, 3.63) is 52.8 Å². The van der Waals surface area contributed by atoms with Crippen LogP contribution in [0.15, 0.2) is 36.1 Å². The number of nitrogens with zero attached hydrogens (tertiary/aromatic N) is 3. The van der Waals surface area contributed by atoms with Crippen LogP contribution in [0.25, 0.3) is 22.0 Å². The first-order chi connectivity index (χ1) is 12.8. The van der Waals surface area contributed by atoms with Gasteiger partial charge in [-0.25, -0.2) is 4.98 Å². The van der Waals surface area contributed by atoms with E-state index in [1.807, 2.05) is 0 Å². The zero-order valence-electron chi connectivity index (χ0n) is 16.8. The molecule has 0 saturated carbocycles. The summed E-state index contributed by atoms with van der Waals surface area (Å²) in [7, 11) is 0. The van der Waals surface area contributed by atoms with Crippen molar-refractivity contribution in [2.75, 3.05) is 0 Å². The number of fused-ring (bicyclic) bond motifs is 1. The van der Waals surface area contributed by atoms with Crippen LogP contribution in [0.2, 0.25) is 0 Å². The van der Waals surface area contributed by atoms with E-state index in [0.717, 1.165) is 22.8 Å². The van der Waals surface area contributed by atoms with Gasteiger partial charge in [-0.15, -0.1) is 11.3 Å². The Balaban J connectivity index is 1.86. The van der Waals surface area contributed by atoms with Crippen LogP contribution in [0, 0.1) is 0 Å². The molecule has 0 bridgehead atoms. The van der Waals surface area contributed by atoms with Crippen molar-refractivity contribution in [1.82, 2.24) is 15.0 Å². The molecule has 2 aromatic heterocycles. The van der Waals surface area contributed by atoms with E-state index in [4.69, 9.17) is 4.98 Å². The summed E-state index contributed by atoms with van der Waals surface area (Å²) in [5.74, 6) is 0.